The Hall–Kier alpha value is 0. The van der Waals surface area contributed by atoms with Gasteiger partial charge in [-0.2, -0.15) is 0 Å². The summed E-state index contributed by atoms with van der Waals surface area (Å²) in [5.41, 5.74) is 0.933. The van der Waals surface area contributed by atoms with Crippen LogP contribution in [0.1, 0.15) is 39.0 Å². The molecule has 3 fully saturated rings. The van der Waals surface area contributed by atoms with E-state index in [1.807, 2.05) is 0 Å². The maximum atomic E-state index is 2.34. The lowest BCUT2D eigenvalue weighted by Gasteiger charge is -2.10. The summed E-state index contributed by atoms with van der Waals surface area (Å²) in [7, 11) is 0. The topological polar surface area (TPSA) is 0 Å². The van der Waals surface area contributed by atoms with Crippen LogP contribution in [0.3, 0.4) is 0 Å². The summed E-state index contributed by atoms with van der Waals surface area (Å²) in [5.74, 6) is 3.66. The molecular formula is C10H16. The molecule has 0 heteroatoms. The summed E-state index contributed by atoms with van der Waals surface area (Å²) < 4.78 is 0. The molecule has 0 radical (unpaired) electrons. The molecule has 4 unspecified atom stereocenters. The molecule has 3 rings (SSSR count). The van der Waals surface area contributed by atoms with Crippen molar-refractivity contribution in [1.29, 1.82) is 0 Å². The smallest absolute Gasteiger partial charge is 0.0261 e. The molecule has 3 aliphatic rings. The van der Waals surface area contributed by atoms with Crippen LogP contribution in [0, 0.1) is 23.2 Å². The Kier molecular flexibility index (Phi) is 0.810. The summed E-state index contributed by atoms with van der Waals surface area (Å²) in [6, 6.07) is 0. The van der Waals surface area contributed by atoms with Gasteiger partial charge in [0.05, 0.1) is 0 Å². The van der Waals surface area contributed by atoms with Crippen molar-refractivity contribution < 1.29 is 0 Å². The van der Waals surface area contributed by atoms with E-state index in [1.165, 1.54) is 24.2 Å². The van der Waals surface area contributed by atoms with Crippen molar-refractivity contribution in [1.82, 2.24) is 0 Å². The van der Waals surface area contributed by atoms with E-state index in [9.17, 15) is 0 Å². The second kappa shape index (κ2) is 1.44. The quantitative estimate of drug-likeness (QED) is 0.547. The lowest BCUT2D eigenvalue weighted by atomic mass is 9.95. The molecule has 0 N–H and O–H groups in total. The average molecular weight is 136 g/mol. The minimum absolute atomic E-state index is 0.933. The first kappa shape index (κ1) is 5.62. The van der Waals surface area contributed by atoms with Gasteiger partial charge in [-0.15, -0.1) is 0 Å². The van der Waals surface area contributed by atoms with Gasteiger partial charge in [-0.25, -0.2) is 0 Å². The van der Waals surface area contributed by atoms with E-state index < -0.39 is 0 Å². The summed E-state index contributed by atoms with van der Waals surface area (Å²) in [5, 5.41) is 0. The molecule has 0 amide bonds. The van der Waals surface area contributed by atoms with Crippen molar-refractivity contribution in [3.63, 3.8) is 0 Å². The summed E-state index contributed by atoms with van der Waals surface area (Å²) >= 11 is 0. The van der Waals surface area contributed by atoms with E-state index in [2.05, 4.69) is 6.92 Å². The molecule has 4 atom stereocenters. The fourth-order valence-electron chi connectivity index (χ4n) is 3.63. The zero-order valence-corrected chi connectivity index (χ0v) is 6.77. The van der Waals surface area contributed by atoms with Gasteiger partial charge in [0.15, 0.2) is 0 Å². The predicted octanol–water partition coefficient (Wildman–Crippen LogP) is 2.83. The molecule has 56 valence electrons. The van der Waals surface area contributed by atoms with Crippen molar-refractivity contribution in [2.75, 3.05) is 0 Å². The fourth-order valence-corrected chi connectivity index (χ4v) is 3.63. The van der Waals surface area contributed by atoms with E-state index in [4.69, 9.17) is 0 Å². The molecule has 0 bridgehead atoms. The first-order valence-electron chi connectivity index (χ1n) is 4.86. The van der Waals surface area contributed by atoms with Gasteiger partial charge < -0.3 is 0 Å². The third kappa shape index (κ3) is 0.500. The van der Waals surface area contributed by atoms with Crippen LogP contribution in [0.25, 0.3) is 0 Å². The molecule has 0 aromatic carbocycles. The van der Waals surface area contributed by atoms with Crippen molar-refractivity contribution in [3.8, 4) is 0 Å². The summed E-state index contributed by atoms with van der Waals surface area (Å²) in [6.45, 7) is 2.34. The molecule has 0 aromatic heterocycles. The van der Waals surface area contributed by atoms with Gasteiger partial charge in [0.1, 0.15) is 0 Å². The number of hydrogen-bond donors (Lipinski definition) is 0. The molecule has 3 saturated carbocycles. The number of fused-ring (bicyclic) bond motifs is 3. The van der Waals surface area contributed by atoms with Crippen LogP contribution in [0.2, 0.25) is 0 Å². The zero-order valence-electron chi connectivity index (χ0n) is 6.77. The first-order valence-corrected chi connectivity index (χ1v) is 4.86. The van der Waals surface area contributed by atoms with Gasteiger partial charge in [-0.1, -0.05) is 13.3 Å². The Balaban J connectivity index is 1.76. The highest BCUT2D eigenvalue weighted by atomic mass is 14.7. The van der Waals surface area contributed by atoms with Crippen molar-refractivity contribution >= 4 is 0 Å². The van der Waals surface area contributed by atoms with Crippen molar-refractivity contribution in [3.05, 3.63) is 0 Å². The highest BCUT2D eigenvalue weighted by molar-refractivity contribution is 5.19. The second-order valence-electron chi connectivity index (χ2n) is 4.79. The molecule has 0 spiro atoms. The van der Waals surface area contributed by atoms with E-state index in [-0.39, 0.29) is 0 Å². The fraction of sp³-hybridized carbons (Fsp3) is 1.00. The van der Waals surface area contributed by atoms with Crippen LogP contribution in [-0.4, -0.2) is 0 Å². The predicted molar refractivity (Wildman–Crippen MR) is 41.7 cm³/mol. The molecule has 3 aliphatic carbocycles. The first-order chi connectivity index (χ1) is 4.86. The van der Waals surface area contributed by atoms with Gasteiger partial charge >= 0.3 is 0 Å². The molecular weight excluding hydrogens is 120 g/mol. The Morgan fingerprint density at radius 1 is 1.40 bits per heavy atom. The van der Waals surface area contributed by atoms with E-state index in [0.717, 1.165) is 5.41 Å². The van der Waals surface area contributed by atoms with E-state index in [1.54, 1.807) is 25.7 Å². The second-order valence-corrected chi connectivity index (χ2v) is 4.79. The van der Waals surface area contributed by atoms with Crippen LogP contribution >= 0.6 is 0 Å². The highest BCUT2D eigenvalue weighted by Crippen LogP contribution is 2.78. The molecule has 10 heavy (non-hydrogen) atoms. The maximum Gasteiger partial charge on any atom is -0.0261 e. The van der Waals surface area contributed by atoms with Crippen molar-refractivity contribution in [2.24, 2.45) is 23.2 Å². The molecule has 0 heterocycles. The van der Waals surface area contributed by atoms with Gasteiger partial charge in [-0.3, -0.25) is 0 Å². The molecule has 0 aliphatic heterocycles. The lowest BCUT2D eigenvalue weighted by molar-refractivity contribution is 0.404. The van der Waals surface area contributed by atoms with Gasteiger partial charge in [0.2, 0.25) is 0 Å². The Morgan fingerprint density at radius 2 is 2.30 bits per heavy atom. The lowest BCUT2D eigenvalue weighted by Crippen LogP contribution is -1.99. The van der Waals surface area contributed by atoms with Crippen LogP contribution < -0.4 is 0 Å². The highest BCUT2D eigenvalue weighted by Gasteiger charge is 2.69. The average Bonchev–Trinajstić information content (AvgIpc) is 2.74. The largest absolute Gasteiger partial charge is 0.0654 e. The Morgan fingerprint density at radius 3 is 2.90 bits per heavy atom. The normalized spacial score (nSPS) is 61.5. The van der Waals surface area contributed by atoms with Crippen LogP contribution in [0.4, 0.5) is 0 Å². The van der Waals surface area contributed by atoms with E-state index in [0.29, 0.717) is 0 Å². The Labute approximate surface area is 63.0 Å². The SMILES string of the molecule is CCCC12CC3CC3C1C2. The summed E-state index contributed by atoms with van der Waals surface area (Å²) in [6.07, 6.45) is 7.81. The van der Waals surface area contributed by atoms with Crippen LogP contribution in [0.15, 0.2) is 0 Å². The number of rotatable bonds is 2. The van der Waals surface area contributed by atoms with Crippen LogP contribution in [0.5, 0.6) is 0 Å². The van der Waals surface area contributed by atoms with E-state index >= 15 is 0 Å². The minimum Gasteiger partial charge on any atom is -0.0654 e. The molecule has 0 nitrogen and oxygen atoms in total. The van der Waals surface area contributed by atoms with Gasteiger partial charge in [0.25, 0.3) is 0 Å². The standard InChI is InChI=1S/C10H16/c1-2-3-10-5-7-4-8(7)9(10)6-10/h7-9H,2-6H2,1H3. The monoisotopic (exact) mass is 136 g/mol. The molecule has 0 aromatic rings. The number of hydrogen-bond acceptors (Lipinski definition) is 0. The zero-order chi connectivity index (χ0) is 6.77. The maximum absolute atomic E-state index is 2.34. The van der Waals surface area contributed by atoms with Gasteiger partial charge in [-0.05, 0) is 48.9 Å². The third-order valence-corrected chi connectivity index (χ3v) is 4.16. The molecule has 0 saturated heterocycles. The van der Waals surface area contributed by atoms with Gasteiger partial charge in [0, 0.05) is 0 Å². The summed E-state index contributed by atoms with van der Waals surface area (Å²) in [4.78, 5) is 0. The van der Waals surface area contributed by atoms with Crippen LogP contribution in [-0.2, 0) is 0 Å². The third-order valence-electron chi connectivity index (χ3n) is 4.16. The Bertz CT molecular complexity index is 173. The van der Waals surface area contributed by atoms with Crippen molar-refractivity contribution in [2.45, 2.75) is 39.0 Å². The minimum atomic E-state index is 0.933.